The molecule has 0 saturated carbocycles. The fraction of sp³-hybridized carbons (Fsp3) is 0.818. The van der Waals surface area contributed by atoms with Crippen LogP contribution in [0, 0.1) is 11.8 Å². The van der Waals surface area contributed by atoms with Gasteiger partial charge in [0.05, 0.1) is 17.4 Å². The average molecular weight is 290 g/mol. The fourth-order valence-corrected chi connectivity index (χ4v) is 3.49. The highest BCUT2D eigenvalue weighted by Gasteiger charge is 2.39. The van der Waals surface area contributed by atoms with Crippen molar-refractivity contribution in [1.82, 2.24) is 9.80 Å². The van der Waals surface area contributed by atoms with Gasteiger partial charge >= 0.3 is 12.0 Å². The highest BCUT2D eigenvalue weighted by atomic mass is 32.2. The molecule has 0 aromatic heterocycles. The maximum Gasteiger partial charge on any atom is 0.320 e. The molecule has 2 aliphatic heterocycles. The Labute approximate surface area is 112 Å². The van der Waals surface area contributed by atoms with Gasteiger partial charge in [-0.2, -0.15) is 0 Å². The Morgan fingerprint density at radius 1 is 1.16 bits per heavy atom. The number of carboxylic acid groups (broad SMARTS) is 1. The van der Waals surface area contributed by atoms with Crippen LogP contribution in [0.4, 0.5) is 4.79 Å². The molecular formula is C11H18N2O5S. The highest BCUT2D eigenvalue weighted by molar-refractivity contribution is 7.91. The molecule has 2 aliphatic rings. The molecule has 108 valence electrons. The SMILES string of the molecule is CC(C(=O)O)C1CN(C(=O)N2CCS(=O)(=O)CC2)C1. The van der Waals surface area contributed by atoms with E-state index in [1.807, 2.05) is 0 Å². The third-order valence-corrected chi connectivity index (χ3v) is 5.50. The minimum Gasteiger partial charge on any atom is -0.481 e. The number of hydrogen-bond acceptors (Lipinski definition) is 4. The van der Waals surface area contributed by atoms with E-state index in [4.69, 9.17) is 5.11 Å². The van der Waals surface area contributed by atoms with Crippen molar-refractivity contribution in [3.05, 3.63) is 0 Å². The number of carboxylic acids is 1. The molecule has 2 rings (SSSR count). The van der Waals surface area contributed by atoms with Gasteiger partial charge in [-0.25, -0.2) is 13.2 Å². The Balaban J connectivity index is 1.82. The van der Waals surface area contributed by atoms with Crippen LogP contribution in [0.5, 0.6) is 0 Å². The van der Waals surface area contributed by atoms with E-state index in [2.05, 4.69) is 0 Å². The smallest absolute Gasteiger partial charge is 0.320 e. The summed E-state index contributed by atoms with van der Waals surface area (Å²) < 4.78 is 22.5. The molecule has 19 heavy (non-hydrogen) atoms. The largest absolute Gasteiger partial charge is 0.481 e. The molecule has 1 atom stereocenters. The minimum atomic E-state index is -2.99. The Morgan fingerprint density at radius 3 is 2.16 bits per heavy atom. The van der Waals surface area contributed by atoms with E-state index in [-0.39, 0.29) is 36.5 Å². The van der Waals surface area contributed by atoms with Crippen LogP contribution in [0.15, 0.2) is 0 Å². The summed E-state index contributed by atoms with van der Waals surface area (Å²) in [6, 6.07) is -0.177. The Hall–Kier alpha value is -1.31. The molecule has 2 fully saturated rings. The van der Waals surface area contributed by atoms with Gasteiger partial charge < -0.3 is 14.9 Å². The maximum atomic E-state index is 12.0. The molecule has 1 N–H and O–H groups in total. The summed E-state index contributed by atoms with van der Waals surface area (Å²) in [6.45, 7) is 2.99. The highest BCUT2D eigenvalue weighted by Crippen LogP contribution is 2.25. The molecule has 1 unspecified atom stereocenters. The van der Waals surface area contributed by atoms with Gasteiger partial charge in [-0.3, -0.25) is 4.79 Å². The van der Waals surface area contributed by atoms with Crippen molar-refractivity contribution >= 4 is 21.8 Å². The number of amides is 2. The Bertz CT molecular complexity index is 469. The third kappa shape index (κ3) is 2.99. The van der Waals surface area contributed by atoms with Crippen LogP contribution in [0.1, 0.15) is 6.92 Å². The van der Waals surface area contributed by atoms with Crippen molar-refractivity contribution in [2.75, 3.05) is 37.7 Å². The van der Waals surface area contributed by atoms with Gasteiger partial charge in [0.15, 0.2) is 9.84 Å². The molecular weight excluding hydrogens is 272 g/mol. The number of likely N-dealkylation sites (tertiary alicyclic amines) is 1. The summed E-state index contributed by atoms with van der Waals surface area (Å²) in [5, 5.41) is 8.87. The molecule has 0 bridgehead atoms. The van der Waals surface area contributed by atoms with E-state index in [0.717, 1.165) is 0 Å². The predicted molar refractivity (Wildman–Crippen MR) is 67.5 cm³/mol. The first-order valence-corrected chi connectivity index (χ1v) is 8.09. The molecule has 2 amide bonds. The number of carbonyl (C=O) groups excluding carboxylic acids is 1. The zero-order valence-corrected chi connectivity index (χ0v) is 11.6. The number of hydrogen-bond donors (Lipinski definition) is 1. The fourth-order valence-electron chi connectivity index (χ4n) is 2.29. The van der Waals surface area contributed by atoms with Gasteiger partial charge in [-0.05, 0) is 0 Å². The van der Waals surface area contributed by atoms with Gasteiger partial charge in [0.2, 0.25) is 0 Å². The van der Waals surface area contributed by atoms with Crippen LogP contribution in [0.2, 0.25) is 0 Å². The maximum absolute atomic E-state index is 12.0. The summed E-state index contributed by atoms with van der Waals surface area (Å²) in [5.41, 5.74) is 0. The summed E-state index contributed by atoms with van der Waals surface area (Å²) in [4.78, 5) is 26.0. The molecule has 2 saturated heterocycles. The van der Waals surface area contributed by atoms with Crippen LogP contribution in [0.25, 0.3) is 0 Å². The van der Waals surface area contributed by atoms with Gasteiger partial charge in [0.25, 0.3) is 0 Å². The monoisotopic (exact) mass is 290 g/mol. The molecule has 0 aliphatic carbocycles. The number of urea groups is 1. The Kier molecular flexibility index (Phi) is 3.71. The lowest BCUT2D eigenvalue weighted by atomic mass is 9.87. The topological polar surface area (TPSA) is 95.0 Å². The first kappa shape index (κ1) is 14.1. The number of sulfone groups is 1. The van der Waals surface area contributed by atoms with Crippen molar-refractivity contribution in [2.45, 2.75) is 6.92 Å². The van der Waals surface area contributed by atoms with Crippen molar-refractivity contribution in [3.63, 3.8) is 0 Å². The average Bonchev–Trinajstić information content (AvgIpc) is 2.26. The standard InChI is InChI=1S/C11H18N2O5S/c1-8(10(14)15)9-6-13(7-9)11(16)12-2-4-19(17,18)5-3-12/h8-9H,2-7H2,1H3,(H,14,15). The van der Waals surface area contributed by atoms with Gasteiger partial charge in [0, 0.05) is 32.1 Å². The molecule has 8 heteroatoms. The summed E-state index contributed by atoms with van der Waals surface area (Å²) in [6.07, 6.45) is 0. The van der Waals surface area contributed by atoms with E-state index < -0.39 is 21.7 Å². The second-order valence-electron chi connectivity index (χ2n) is 5.21. The van der Waals surface area contributed by atoms with Crippen molar-refractivity contribution < 1.29 is 23.1 Å². The van der Waals surface area contributed by atoms with E-state index in [1.165, 1.54) is 4.90 Å². The van der Waals surface area contributed by atoms with E-state index in [9.17, 15) is 18.0 Å². The lowest BCUT2D eigenvalue weighted by Crippen LogP contribution is -2.59. The molecule has 0 aromatic rings. The first-order chi connectivity index (χ1) is 8.80. The van der Waals surface area contributed by atoms with Crippen LogP contribution < -0.4 is 0 Å². The molecule has 0 aromatic carbocycles. The predicted octanol–water partition coefficient (Wildman–Crippen LogP) is -0.511. The second-order valence-corrected chi connectivity index (χ2v) is 7.52. The Morgan fingerprint density at radius 2 is 1.68 bits per heavy atom. The van der Waals surface area contributed by atoms with Crippen LogP contribution in [-0.2, 0) is 14.6 Å². The summed E-state index contributed by atoms with van der Waals surface area (Å²) >= 11 is 0. The van der Waals surface area contributed by atoms with E-state index in [0.29, 0.717) is 13.1 Å². The van der Waals surface area contributed by atoms with E-state index >= 15 is 0 Å². The van der Waals surface area contributed by atoms with Crippen molar-refractivity contribution in [1.29, 1.82) is 0 Å². The summed E-state index contributed by atoms with van der Waals surface area (Å²) in [7, 11) is -2.99. The molecule has 0 radical (unpaired) electrons. The first-order valence-electron chi connectivity index (χ1n) is 6.27. The van der Waals surface area contributed by atoms with Crippen LogP contribution in [-0.4, -0.2) is 73.0 Å². The molecule has 7 nitrogen and oxygen atoms in total. The van der Waals surface area contributed by atoms with Gasteiger partial charge in [0.1, 0.15) is 0 Å². The van der Waals surface area contributed by atoms with Crippen LogP contribution >= 0.6 is 0 Å². The zero-order valence-electron chi connectivity index (χ0n) is 10.8. The lowest BCUT2D eigenvalue weighted by molar-refractivity contribution is -0.144. The van der Waals surface area contributed by atoms with Crippen LogP contribution in [0.3, 0.4) is 0 Å². The zero-order chi connectivity index (χ0) is 14.2. The minimum absolute atomic E-state index is 0.00465. The third-order valence-electron chi connectivity index (χ3n) is 3.89. The number of carbonyl (C=O) groups is 2. The number of rotatable bonds is 2. The quantitative estimate of drug-likeness (QED) is 0.739. The normalized spacial score (nSPS) is 24.7. The van der Waals surface area contributed by atoms with Gasteiger partial charge in [-0.15, -0.1) is 0 Å². The number of nitrogens with zero attached hydrogens (tertiary/aromatic N) is 2. The second kappa shape index (κ2) is 4.99. The summed E-state index contributed by atoms with van der Waals surface area (Å²) in [5.74, 6) is -1.27. The number of aliphatic carboxylic acids is 1. The van der Waals surface area contributed by atoms with Crippen molar-refractivity contribution in [2.24, 2.45) is 11.8 Å². The van der Waals surface area contributed by atoms with Crippen molar-refractivity contribution in [3.8, 4) is 0 Å². The van der Waals surface area contributed by atoms with E-state index in [1.54, 1.807) is 11.8 Å². The molecule has 0 spiro atoms. The van der Waals surface area contributed by atoms with Gasteiger partial charge in [-0.1, -0.05) is 6.92 Å². The lowest BCUT2D eigenvalue weighted by Gasteiger charge is -2.44. The molecule has 2 heterocycles.